The number of benzene rings is 2. The van der Waals surface area contributed by atoms with Crippen molar-refractivity contribution in [3.63, 3.8) is 0 Å². The summed E-state index contributed by atoms with van der Waals surface area (Å²) >= 11 is 0. The summed E-state index contributed by atoms with van der Waals surface area (Å²) in [5.74, 6) is 1.10. The van der Waals surface area contributed by atoms with Crippen molar-refractivity contribution in [2.24, 2.45) is 0 Å². The topological polar surface area (TPSA) is 82.8 Å². The molecule has 0 saturated carbocycles. The van der Waals surface area contributed by atoms with Crippen LogP contribution in [0.2, 0.25) is 0 Å². The van der Waals surface area contributed by atoms with Crippen LogP contribution in [0, 0.1) is 0 Å². The number of para-hydroxylation sites is 1. The predicted octanol–water partition coefficient (Wildman–Crippen LogP) is 2.55. The Morgan fingerprint density at radius 1 is 0.955 bits per heavy atom. The Morgan fingerprint density at radius 3 is 2.23 bits per heavy atom. The molecule has 1 amide bonds. The molecule has 0 aliphatic heterocycles. The fourth-order valence-electron chi connectivity index (χ4n) is 2.04. The number of hydrogen-bond acceptors (Lipinski definition) is 5. The number of nitrogens with one attached hydrogen (secondary N) is 1. The summed E-state index contributed by atoms with van der Waals surface area (Å²) < 4.78 is 15.6. The zero-order chi connectivity index (χ0) is 16.1. The summed E-state index contributed by atoms with van der Waals surface area (Å²) in [6.45, 7) is 0. The summed E-state index contributed by atoms with van der Waals surface area (Å²) in [5, 5.41) is 2.77. The lowest BCUT2D eigenvalue weighted by Gasteiger charge is -2.14. The highest BCUT2D eigenvalue weighted by Gasteiger charge is 2.15. The van der Waals surface area contributed by atoms with E-state index in [-0.39, 0.29) is 5.91 Å². The van der Waals surface area contributed by atoms with Gasteiger partial charge in [0.25, 0.3) is 5.91 Å². The number of anilines is 2. The van der Waals surface area contributed by atoms with Crippen LogP contribution in [0.25, 0.3) is 0 Å². The number of ether oxygens (including phenoxy) is 3. The Labute approximate surface area is 128 Å². The third kappa shape index (κ3) is 3.06. The Kier molecular flexibility index (Phi) is 4.73. The van der Waals surface area contributed by atoms with Gasteiger partial charge in [-0.1, -0.05) is 12.1 Å². The smallest absolute Gasteiger partial charge is 0.259 e. The van der Waals surface area contributed by atoms with Gasteiger partial charge in [-0.25, -0.2) is 0 Å². The SMILES string of the molecule is COc1cc(OC)c(NC(=O)c2ccccc2OC)cc1N. The van der Waals surface area contributed by atoms with E-state index in [4.69, 9.17) is 19.9 Å². The molecule has 22 heavy (non-hydrogen) atoms. The van der Waals surface area contributed by atoms with Crippen molar-refractivity contribution in [3.05, 3.63) is 42.0 Å². The molecule has 0 aliphatic rings. The summed E-state index contributed by atoms with van der Waals surface area (Å²) in [6, 6.07) is 10.2. The lowest BCUT2D eigenvalue weighted by molar-refractivity contribution is 0.102. The minimum absolute atomic E-state index is 0.319. The summed E-state index contributed by atoms with van der Waals surface area (Å²) in [4.78, 5) is 12.4. The second-order valence-electron chi connectivity index (χ2n) is 4.45. The standard InChI is InChI=1S/C16H18N2O4/c1-20-13-7-5-4-6-10(13)16(19)18-12-8-11(17)14(21-2)9-15(12)22-3/h4-9H,17H2,1-3H3,(H,18,19). The molecular formula is C16H18N2O4. The van der Waals surface area contributed by atoms with Crippen molar-refractivity contribution < 1.29 is 19.0 Å². The number of carbonyl (C=O) groups excluding carboxylic acids is 1. The number of nitrogen functional groups attached to an aromatic ring is 1. The van der Waals surface area contributed by atoms with Gasteiger partial charge in [0.15, 0.2) is 0 Å². The first-order valence-corrected chi connectivity index (χ1v) is 6.56. The molecule has 0 radical (unpaired) electrons. The van der Waals surface area contributed by atoms with Crippen molar-refractivity contribution in [3.8, 4) is 17.2 Å². The second kappa shape index (κ2) is 6.71. The first-order chi connectivity index (χ1) is 10.6. The summed E-state index contributed by atoms with van der Waals surface area (Å²) in [5.41, 5.74) is 7.14. The van der Waals surface area contributed by atoms with Gasteiger partial charge < -0.3 is 25.3 Å². The molecule has 0 aromatic heterocycles. The Bertz CT molecular complexity index is 686. The van der Waals surface area contributed by atoms with E-state index < -0.39 is 0 Å². The molecule has 2 aromatic carbocycles. The third-order valence-electron chi connectivity index (χ3n) is 3.15. The predicted molar refractivity (Wildman–Crippen MR) is 84.9 cm³/mol. The molecule has 0 saturated heterocycles. The van der Waals surface area contributed by atoms with E-state index >= 15 is 0 Å². The molecule has 3 N–H and O–H groups in total. The van der Waals surface area contributed by atoms with Crippen LogP contribution in [0.15, 0.2) is 36.4 Å². The van der Waals surface area contributed by atoms with Gasteiger partial charge in [0.1, 0.15) is 17.2 Å². The van der Waals surface area contributed by atoms with Crippen LogP contribution in [0.1, 0.15) is 10.4 Å². The molecule has 0 spiro atoms. The first kappa shape index (κ1) is 15.5. The number of nitrogens with two attached hydrogens (primary N) is 1. The Morgan fingerprint density at radius 2 is 1.59 bits per heavy atom. The van der Waals surface area contributed by atoms with E-state index in [0.717, 1.165) is 0 Å². The molecule has 0 unspecified atom stereocenters. The average molecular weight is 302 g/mol. The van der Waals surface area contributed by atoms with E-state index in [1.165, 1.54) is 21.3 Å². The third-order valence-corrected chi connectivity index (χ3v) is 3.15. The van der Waals surface area contributed by atoms with Gasteiger partial charge in [-0.05, 0) is 18.2 Å². The van der Waals surface area contributed by atoms with Crippen molar-refractivity contribution in [1.82, 2.24) is 0 Å². The number of hydrogen-bond donors (Lipinski definition) is 2. The van der Waals surface area contributed by atoms with Crippen molar-refractivity contribution in [1.29, 1.82) is 0 Å². The van der Waals surface area contributed by atoms with Crippen LogP contribution < -0.4 is 25.3 Å². The normalized spacial score (nSPS) is 9.95. The van der Waals surface area contributed by atoms with Gasteiger partial charge in [-0.15, -0.1) is 0 Å². The van der Waals surface area contributed by atoms with Crippen molar-refractivity contribution in [2.45, 2.75) is 0 Å². The zero-order valence-electron chi connectivity index (χ0n) is 12.7. The van der Waals surface area contributed by atoms with E-state index in [1.54, 1.807) is 36.4 Å². The van der Waals surface area contributed by atoms with Crippen LogP contribution in [-0.2, 0) is 0 Å². The maximum Gasteiger partial charge on any atom is 0.259 e. The minimum Gasteiger partial charge on any atom is -0.496 e. The molecule has 0 fully saturated rings. The van der Waals surface area contributed by atoms with Gasteiger partial charge in [-0.2, -0.15) is 0 Å². The number of amides is 1. The van der Waals surface area contributed by atoms with Crippen LogP contribution in [0.5, 0.6) is 17.2 Å². The quantitative estimate of drug-likeness (QED) is 0.829. The van der Waals surface area contributed by atoms with Crippen molar-refractivity contribution >= 4 is 17.3 Å². The molecule has 2 aromatic rings. The van der Waals surface area contributed by atoms with Gasteiger partial charge in [0.05, 0.1) is 38.3 Å². The number of carbonyl (C=O) groups is 1. The van der Waals surface area contributed by atoms with Gasteiger partial charge in [0, 0.05) is 6.07 Å². The highest BCUT2D eigenvalue weighted by molar-refractivity contribution is 6.07. The summed E-state index contributed by atoms with van der Waals surface area (Å²) in [7, 11) is 4.53. The summed E-state index contributed by atoms with van der Waals surface area (Å²) in [6.07, 6.45) is 0. The van der Waals surface area contributed by atoms with Gasteiger partial charge >= 0.3 is 0 Å². The molecule has 0 aliphatic carbocycles. The maximum absolute atomic E-state index is 12.4. The minimum atomic E-state index is -0.319. The second-order valence-corrected chi connectivity index (χ2v) is 4.45. The van der Waals surface area contributed by atoms with Crippen molar-refractivity contribution in [2.75, 3.05) is 32.4 Å². The van der Waals surface area contributed by atoms with E-state index in [2.05, 4.69) is 5.32 Å². The van der Waals surface area contributed by atoms with E-state index in [0.29, 0.717) is 34.2 Å². The molecule has 6 nitrogen and oxygen atoms in total. The van der Waals surface area contributed by atoms with Crippen LogP contribution in [0.3, 0.4) is 0 Å². The maximum atomic E-state index is 12.4. The molecule has 0 atom stereocenters. The molecule has 6 heteroatoms. The highest BCUT2D eigenvalue weighted by atomic mass is 16.5. The van der Waals surface area contributed by atoms with Gasteiger partial charge in [0.2, 0.25) is 0 Å². The largest absolute Gasteiger partial charge is 0.496 e. The molecule has 0 bridgehead atoms. The van der Waals surface area contributed by atoms with Crippen LogP contribution >= 0.6 is 0 Å². The van der Waals surface area contributed by atoms with E-state index in [1.807, 2.05) is 0 Å². The van der Waals surface area contributed by atoms with Crippen LogP contribution in [-0.4, -0.2) is 27.2 Å². The number of methoxy groups -OCH3 is 3. The Balaban J connectivity index is 2.34. The molecule has 2 rings (SSSR count). The molecular weight excluding hydrogens is 284 g/mol. The first-order valence-electron chi connectivity index (χ1n) is 6.56. The van der Waals surface area contributed by atoms with E-state index in [9.17, 15) is 4.79 Å². The molecule has 0 heterocycles. The lowest BCUT2D eigenvalue weighted by Crippen LogP contribution is -2.14. The molecule has 116 valence electrons. The zero-order valence-corrected chi connectivity index (χ0v) is 12.7. The fourth-order valence-corrected chi connectivity index (χ4v) is 2.04. The monoisotopic (exact) mass is 302 g/mol. The fraction of sp³-hybridized carbons (Fsp3) is 0.188. The lowest BCUT2D eigenvalue weighted by atomic mass is 10.1. The Hall–Kier alpha value is -2.89. The number of rotatable bonds is 5. The van der Waals surface area contributed by atoms with Gasteiger partial charge in [-0.3, -0.25) is 4.79 Å². The average Bonchev–Trinajstić information content (AvgIpc) is 2.55. The van der Waals surface area contributed by atoms with Crippen LogP contribution in [0.4, 0.5) is 11.4 Å². The highest BCUT2D eigenvalue weighted by Crippen LogP contribution is 2.35.